The first kappa shape index (κ1) is 12.1. The summed E-state index contributed by atoms with van der Waals surface area (Å²) in [5.41, 5.74) is 6.37. The molecule has 102 valence electrons. The summed E-state index contributed by atoms with van der Waals surface area (Å²) in [5, 5.41) is 24.1. The summed E-state index contributed by atoms with van der Waals surface area (Å²) < 4.78 is 1.62. The number of β-amino-alcohol motifs (C(OH)–C–C–N with tert-alkyl or cyclic N) is 1. The molecule has 3 rings (SSSR count). The Bertz CT molecular complexity index is 612. The first-order valence-electron chi connectivity index (χ1n) is 6.11. The van der Waals surface area contributed by atoms with Crippen LogP contribution in [0.25, 0.3) is 11.0 Å². The Morgan fingerprint density at radius 3 is 3.00 bits per heavy atom. The van der Waals surface area contributed by atoms with E-state index in [2.05, 4.69) is 15.1 Å². The molecular weight excluding hydrogens is 248 g/mol. The molecule has 1 aliphatic rings. The molecule has 0 radical (unpaired) electrons. The van der Waals surface area contributed by atoms with Crippen molar-refractivity contribution in [2.45, 2.75) is 18.6 Å². The van der Waals surface area contributed by atoms with Crippen LogP contribution in [0.2, 0.25) is 0 Å². The summed E-state index contributed by atoms with van der Waals surface area (Å²) in [4.78, 5) is 10.3. The second kappa shape index (κ2) is 4.32. The molecule has 2 aromatic rings. The van der Waals surface area contributed by atoms with Crippen LogP contribution in [0.1, 0.15) is 6.42 Å². The molecule has 0 bridgehead atoms. The molecule has 1 aliphatic heterocycles. The molecule has 2 aromatic heterocycles. The zero-order chi connectivity index (χ0) is 13.6. The lowest BCUT2D eigenvalue weighted by Gasteiger charge is -2.24. The number of aliphatic hydroxyl groups is 2. The van der Waals surface area contributed by atoms with E-state index < -0.39 is 6.10 Å². The SMILES string of the molecule is Cn1ncc2c(N3C[C@H](O)C[C@H]3CO)nc(N)nc21. The Balaban J connectivity index is 2.14. The highest BCUT2D eigenvalue weighted by Crippen LogP contribution is 2.30. The highest BCUT2D eigenvalue weighted by molar-refractivity contribution is 5.88. The number of nitrogens with zero attached hydrogens (tertiary/aromatic N) is 5. The van der Waals surface area contributed by atoms with Crippen LogP contribution in [-0.4, -0.2) is 55.3 Å². The van der Waals surface area contributed by atoms with Gasteiger partial charge in [0.1, 0.15) is 5.82 Å². The average molecular weight is 264 g/mol. The first-order valence-corrected chi connectivity index (χ1v) is 6.11. The van der Waals surface area contributed by atoms with Crippen molar-refractivity contribution in [3.63, 3.8) is 0 Å². The molecule has 0 spiro atoms. The van der Waals surface area contributed by atoms with Crippen LogP contribution in [-0.2, 0) is 7.05 Å². The third-order valence-electron chi connectivity index (χ3n) is 3.46. The Morgan fingerprint density at radius 2 is 2.26 bits per heavy atom. The Kier molecular flexibility index (Phi) is 2.76. The summed E-state index contributed by atoms with van der Waals surface area (Å²) in [7, 11) is 1.78. The quantitative estimate of drug-likeness (QED) is 0.629. The minimum absolute atomic E-state index is 0.0390. The molecule has 0 aliphatic carbocycles. The Labute approximate surface area is 109 Å². The number of aromatic nitrogens is 4. The Hall–Kier alpha value is -1.93. The maximum atomic E-state index is 9.76. The number of anilines is 2. The third kappa shape index (κ3) is 1.89. The molecule has 3 heterocycles. The van der Waals surface area contributed by atoms with Gasteiger partial charge in [-0.25, -0.2) is 0 Å². The number of aliphatic hydroxyl groups excluding tert-OH is 2. The van der Waals surface area contributed by atoms with Gasteiger partial charge in [-0.05, 0) is 6.42 Å². The van der Waals surface area contributed by atoms with Crippen LogP contribution in [0.15, 0.2) is 6.20 Å². The van der Waals surface area contributed by atoms with E-state index in [1.165, 1.54) is 0 Å². The van der Waals surface area contributed by atoms with Gasteiger partial charge in [0.25, 0.3) is 0 Å². The van der Waals surface area contributed by atoms with Crippen LogP contribution in [0, 0.1) is 0 Å². The summed E-state index contributed by atoms with van der Waals surface area (Å²) in [6.07, 6.45) is 1.71. The van der Waals surface area contributed by atoms with Gasteiger partial charge in [-0.1, -0.05) is 0 Å². The molecule has 1 fully saturated rings. The highest BCUT2D eigenvalue weighted by atomic mass is 16.3. The maximum absolute atomic E-state index is 9.76. The number of rotatable bonds is 2. The molecule has 0 saturated carbocycles. The Morgan fingerprint density at radius 1 is 1.47 bits per heavy atom. The number of hydrogen-bond acceptors (Lipinski definition) is 7. The van der Waals surface area contributed by atoms with Gasteiger partial charge in [0.2, 0.25) is 5.95 Å². The lowest BCUT2D eigenvalue weighted by Crippen LogP contribution is -2.33. The van der Waals surface area contributed by atoms with E-state index in [1.54, 1.807) is 17.9 Å². The minimum atomic E-state index is -0.472. The molecule has 8 heteroatoms. The molecule has 0 unspecified atom stereocenters. The number of nitrogens with two attached hydrogens (primary N) is 1. The second-order valence-corrected chi connectivity index (χ2v) is 4.79. The van der Waals surface area contributed by atoms with E-state index in [0.29, 0.717) is 24.4 Å². The normalized spacial score (nSPS) is 23.4. The van der Waals surface area contributed by atoms with E-state index in [9.17, 15) is 10.2 Å². The molecular formula is C11H16N6O2. The standard InChI is InChI=1S/C11H16N6O2/c1-16-9-8(3-13-16)10(15-11(12)14-9)17-4-7(19)2-6(17)5-18/h3,6-7,18-19H,2,4-5H2,1H3,(H2,12,14,15)/t6-,7+/m0/s1. The molecule has 2 atom stereocenters. The van der Waals surface area contributed by atoms with Crippen molar-refractivity contribution in [1.82, 2.24) is 19.7 Å². The van der Waals surface area contributed by atoms with Gasteiger partial charge >= 0.3 is 0 Å². The summed E-state index contributed by atoms with van der Waals surface area (Å²) in [5.74, 6) is 0.773. The predicted molar refractivity (Wildman–Crippen MR) is 69.6 cm³/mol. The average Bonchev–Trinajstić information content (AvgIpc) is 2.93. The van der Waals surface area contributed by atoms with E-state index >= 15 is 0 Å². The third-order valence-corrected chi connectivity index (χ3v) is 3.46. The van der Waals surface area contributed by atoms with E-state index in [4.69, 9.17) is 5.73 Å². The van der Waals surface area contributed by atoms with Gasteiger partial charge in [0.05, 0.1) is 30.3 Å². The highest BCUT2D eigenvalue weighted by Gasteiger charge is 2.33. The fourth-order valence-electron chi connectivity index (χ4n) is 2.57. The minimum Gasteiger partial charge on any atom is -0.394 e. The molecule has 0 amide bonds. The second-order valence-electron chi connectivity index (χ2n) is 4.79. The van der Waals surface area contributed by atoms with Crippen molar-refractivity contribution in [2.24, 2.45) is 7.05 Å². The zero-order valence-electron chi connectivity index (χ0n) is 10.6. The van der Waals surface area contributed by atoms with Gasteiger partial charge in [0.15, 0.2) is 5.65 Å². The summed E-state index contributed by atoms with van der Waals surface area (Å²) >= 11 is 0. The van der Waals surface area contributed by atoms with Crippen LogP contribution in [0.5, 0.6) is 0 Å². The fourth-order valence-corrected chi connectivity index (χ4v) is 2.57. The molecule has 0 aromatic carbocycles. The van der Waals surface area contributed by atoms with Gasteiger partial charge < -0.3 is 20.8 Å². The van der Waals surface area contributed by atoms with Crippen molar-refractivity contribution < 1.29 is 10.2 Å². The van der Waals surface area contributed by atoms with Gasteiger partial charge in [-0.3, -0.25) is 4.68 Å². The zero-order valence-corrected chi connectivity index (χ0v) is 10.6. The van der Waals surface area contributed by atoms with Crippen molar-refractivity contribution >= 4 is 22.8 Å². The molecule has 19 heavy (non-hydrogen) atoms. The molecule has 8 nitrogen and oxygen atoms in total. The number of aryl methyl sites for hydroxylation is 1. The van der Waals surface area contributed by atoms with Crippen LogP contribution in [0.4, 0.5) is 11.8 Å². The van der Waals surface area contributed by atoms with Crippen molar-refractivity contribution in [3.05, 3.63) is 6.20 Å². The fraction of sp³-hybridized carbons (Fsp3) is 0.545. The van der Waals surface area contributed by atoms with Gasteiger partial charge in [-0.2, -0.15) is 15.1 Å². The number of fused-ring (bicyclic) bond motifs is 1. The van der Waals surface area contributed by atoms with Crippen LogP contribution < -0.4 is 10.6 Å². The van der Waals surface area contributed by atoms with Crippen molar-refractivity contribution in [3.8, 4) is 0 Å². The lowest BCUT2D eigenvalue weighted by molar-refractivity contribution is 0.184. The molecule has 1 saturated heterocycles. The summed E-state index contributed by atoms with van der Waals surface area (Å²) in [6.45, 7) is 0.383. The predicted octanol–water partition coefficient (Wildman–Crippen LogP) is -1.12. The largest absolute Gasteiger partial charge is 0.394 e. The monoisotopic (exact) mass is 264 g/mol. The smallest absolute Gasteiger partial charge is 0.224 e. The summed E-state index contributed by atoms with van der Waals surface area (Å²) in [6, 6.07) is -0.160. The van der Waals surface area contributed by atoms with Crippen molar-refractivity contribution in [2.75, 3.05) is 23.8 Å². The van der Waals surface area contributed by atoms with Crippen LogP contribution in [0.3, 0.4) is 0 Å². The topological polar surface area (TPSA) is 113 Å². The molecule has 4 N–H and O–H groups in total. The lowest BCUT2D eigenvalue weighted by atomic mass is 10.2. The van der Waals surface area contributed by atoms with Gasteiger partial charge in [0, 0.05) is 13.6 Å². The number of nitrogen functional groups attached to an aromatic ring is 1. The van der Waals surface area contributed by atoms with E-state index in [1.807, 2.05) is 4.90 Å². The number of hydrogen-bond donors (Lipinski definition) is 3. The van der Waals surface area contributed by atoms with Crippen molar-refractivity contribution in [1.29, 1.82) is 0 Å². The maximum Gasteiger partial charge on any atom is 0.224 e. The van der Waals surface area contributed by atoms with E-state index in [0.717, 1.165) is 5.39 Å². The van der Waals surface area contributed by atoms with Gasteiger partial charge in [-0.15, -0.1) is 0 Å². The van der Waals surface area contributed by atoms with E-state index in [-0.39, 0.29) is 18.6 Å². The van der Waals surface area contributed by atoms with Crippen LogP contribution >= 0.6 is 0 Å². The first-order chi connectivity index (χ1) is 9.10.